The molecule has 1 fully saturated rings. The highest BCUT2D eigenvalue weighted by Gasteiger charge is 2.31. The summed E-state index contributed by atoms with van der Waals surface area (Å²) in [6, 6.07) is 3.92. The Hall–Kier alpha value is -2.26. The highest BCUT2D eigenvalue weighted by molar-refractivity contribution is 7.89. The molecule has 0 unspecified atom stereocenters. The number of hydrogen-bond donors (Lipinski definition) is 1. The second-order valence-electron chi connectivity index (χ2n) is 6.05. The van der Waals surface area contributed by atoms with Crippen LogP contribution in [0.4, 0.5) is 0 Å². The van der Waals surface area contributed by atoms with E-state index in [0.717, 1.165) is 29.9 Å². The van der Waals surface area contributed by atoms with E-state index in [-0.39, 0.29) is 10.8 Å². The van der Waals surface area contributed by atoms with Gasteiger partial charge in [0.05, 0.1) is 11.9 Å². The van der Waals surface area contributed by atoms with Crippen molar-refractivity contribution in [1.82, 2.24) is 29.1 Å². The predicted octanol–water partition coefficient (Wildman–Crippen LogP) is 1.33. The van der Waals surface area contributed by atoms with Crippen LogP contribution in [0.3, 0.4) is 0 Å². The fraction of sp³-hybridized carbons (Fsp3) is 0.400. The molecule has 3 aromatic heterocycles. The number of fused-ring (bicyclic) bond motifs is 1. The molecule has 4 rings (SSSR count). The van der Waals surface area contributed by atoms with Crippen LogP contribution in [-0.4, -0.2) is 50.6 Å². The third-order valence-electron chi connectivity index (χ3n) is 4.45. The molecule has 9 heteroatoms. The topological polar surface area (TPSA) is 96.2 Å². The Morgan fingerprint density at radius 3 is 2.79 bits per heavy atom. The van der Waals surface area contributed by atoms with E-state index >= 15 is 0 Å². The normalized spacial score (nSPS) is 17.5. The molecule has 0 bridgehead atoms. The number of nitrogens with zero attached hydrogens (tertiary/aromatic N) is 5. The predicted molar refractivity (Wildman–Crippen MR) is 87.0 cm³/mol. The first-order chi connectivity index (χ1) is 11.5. The van der Waals surface area contributed by atoms with E-state index in [1.54, 1.807) is 4.52 Å². The number of nitrogens with one attached hydrogen (secondary N) is 1. The van der Waals surface area contributed by atoms with Crippen molar-refractivity contribution >= 4 is 15.7 Å². The molecule has 0 aromatic carbocycles. The third kappa shape index (κ3) is 2.59. The van der Waals surface area contributed by atoms with Gasteiger partial charge in [0, 0.05) is 43.2 Å². The van der Waals surface area contributed by atoms with Gasteiger partial charge in [0.25, 0.3) is 0 Å². The molecule has 8 nitrogen and oxygen atoms in total. The van der Waals surface area contributed by atoms with Gasteiger partial charge in [-0.25, -0.2) is 17.9 Å². The molecule has 0 spiro atoms. The summed E-state index contributed by atoms with van der Waals surface area (Å²) >= 11 is 0. The van der Waals surface area contributed by atoms with E-state index in [0.29, 0.717) is 13.1 Å². The standard InChI is InChI=1S/C15H18N6O2S/c1-11-8-15-18-14(4-7-21(15)19-11)12-2-5-20(6-3-12)24(22,23)13-9-16-17-10-13/h4,7-10,12H,2-3,5-6H2,1H3,(H,16,17). The van der Waals surface area contributed by atoms with Crippen LogP contribution in [0, 0.1) is 6.92 Å². The Labute approximate surface area is 139 Å². The number of aryl methyl sites for hydroxylation is 1. The van der Waals surface area contributed by atoms with Crippen LogP contribution in [0.15, 0.2) is 35.6 Å². The number of rotatable bonds is 3. The van der Waals surface area contributed by atoms with Gasteiger partial charge in [-0.15, -0.1) is 0 Å². The van der Waals surface area contributed by atoms with Gasteiger partial charge in [-0.2, -0.15) is 14.5 Å². The smallest absolute Gasteiger partial charge is 0.246 e. The van der Waals surface area contributed by atoms with Gasteiger partial charge in [-0.1, -0.05) is 0 Å². The maximum atomic E-state index is 12.5. The van der Waals surface area contributed by atoms with Crippen molar-refractivity contribution in [3.63, 3.8) is 0 Å². The molecule has 1 aliphatic heterocycles. The van der Waals surface area contributed by atoms with Gasteiger partial charge < -0.3 is 0 Å². The Balaban J connectivity index is 1.51. The van der Waals surface area contributed by atoms with Gasteiger partial charge in [0.15, 0.2) is 5.65 Å². The summed E-state index contributed by atoms with van der Waals surface area (Å²) in [5.41, 5.74) is 2.77. The van der Waals surface area contributed by atoms with E-state index in [1.807, 2.05) is 25.3 Å². The highest BCUT2D eigenvalue weighted by Crippen LogP contribution is 2.29. The number of sulfonamides is 1. The van der Waals surface area contributed by atoms with Gasteiger partial charge in [-0.3, -0.25) is 5.10 Å². The zero-order valence-corrected chi connectivity index (χ0v) is 14.1. The molecule has 0 saturated carbocycles. The maximum absolute atomic E-state index is 12.5. The molecule has 126 valence electrons. The number of H-pyrrole nitrogens is 1. The van der Waals surface area contributed by atoms with Crippen molar-refractivity contribution < 1.29 is 8.42 Å². The molecule has 1 N–H and O–H groups in total. The van der Waals surface area contributed by atoms with Crippen molar-refractivity contribution in [3.05, 3.63) is 42.1 Å². The summed E-state index contributed by atoms with van der Waals surface area (Å²) in [7, 11) is -3.45. The molecule has 4 heterocycles. The SMILES string of the molecule is Cc1cc2nc(C3CCN(S(=O)(=O)c4cn[nH]c4)CC3)ccn2n1. The van der Waals surface area contributed by atoms with Gasteiger partial charge in [-0.05, 0) is 25.8 Å². The lowest BCUT2D eigenvalue weighted by Crippen LogP contribution is -2.37. The zero-order valence-electron chi connectivity index (χ0n) is 13.3. The van der Waals surface area contributed by atoms with Crippen LogP contribution in [0.1, 0.15) is 30.1 Å². The van der Waals surface area contributed by atoms with Gasteiger partial charge >= 0.3 is 0 Å². The molecule has 1 saturated heterocycles. The van der Waals surface area contributed by atoms with Crippen LogP contribution >= 0.6 is 0 Å². The van der Waals surface area contributed by atoms with E-state index < -0.39 is 10.0 Å². The lowest BCUT2D eigenvalue weighted by atomic mass is 9.94. The number of piperidine rings is 1. The Bertz CT molecular complexity index is 955. The largest absolute Gasteiger partial charge is 0.284 e. The van der Waals surface area contributed by atoms with Crippen LogP contribution in [0.25, 0.3) is 5.65 Å². The monoisotopic (exact) mass is 346 g/mol. The minimum absolute atomic E-state index is 0.218. The Morgan fingerprint density at radius 2 is 2.08 bits per heavy atom. The molecule has 0 aliphatic carbocycles. The summed E-state index contributed by atoms with van der Waals surface area (Å²) in [4.78, 5) is 4.89. The minimum Gasteiger partial charge on any atom is -0.284 e. The summed E-state index contributed by atoms with van der Waals surface area (Å²) in [6.07, 6.45) is 6.19. The number of hydrogen-bond acceptors (Lipinski definition) is 5. The van der Waals surface area contributed by atoms with Crippen molar-refractivity contribution in [2.24, 2.45) is 0 Å². The molecule has 3 aromatic rings. The van der Waals surface area contributed by atoms with Crippen molar-refractivity contribution in [3.8, 4) is 0 Å². The van der Waals surface area contributed by atoms with Crippen LogP contribution in [-0.2, 0) is 10.0 Å². The fourth-order valence-electron chi connectivity index (χ4n) is 3.16. The zero-order chi connectivity index (χ0) is 16.7. The second kappa shape index (κ2) is 5.67. The van der Waals surface area contributed by atoms with E-state index in [4.69, 9.17) is 0 Å². The average Bonchev–Trinajstić information content (AvgIpc) is 3.23. The first-order valence-electron chi connectivity index (χ1n) is 7.86. The molecule has 1 aliphatic rings. The second-order valence-corrected chi connectivity index (χ2v) is 7.99. The number of aromatic nitrogens is 5. The Morgan fingerprint density at radius 1 is 1.29 bits per heavy atom. The Kier molecular flexibility index (Phi) is 3.61. The van der Waals surface area contributed by atoms with E-state index in [9.17, 15) is 8.42 Å². The third-order valence-corrected chi connectivity index (χ3v) is 6.32. The molecule has 0 radical (unpaired) electrons. The lowest BCUT2D eigenvalue weighted by Gasteiger charge is -2.30. The summed E-state index contributed by atoms with van der Waals surface area (Å²) in [5, 5.41) is 10.6. The molecule has 0 amide bonds. The van der Waals surface area contributed by atoms with Gasteiger partial charge in [0.1, 0.15) is 4.90 Å². The minimum atomic E-state index is -3.45. The van der Waals surface area contributed by atoms with Crippen LogP contribution in [0.2, 0.25) is 0 Å². The molecule has 0 atom stereocenters. The van der Waals surface area contributed by atoms with E-state index in [2.05, 4.69) is 20.3 Å². The van der Waals surface area contributed by atoms with Crippen molar-refractivity contribution in [2.45, 2.75) is 30.6 Å². The lowest BCUT2D eigenvalue weighted by molar-refractivity contribution is 0.317. The summed E-state index contributed by atoms with van der Waals surface area (Å²) < 4.78 is 28.3. The quantitative estimate of drug-likeness (QED) is 0.772. The average molecular weight is 346 g/mol. The first-order valence-corrected chi connectivity index (χ1v) is 9.30. The molecule has 24 heavy (non-hydrogen) atoms. The molecular formula is C15H18N6O2S. The maximum Gasteiger partial charge on any atom is 0.246 e. The van der Waals surface area contributed by atoms with Crippen LogP contribution in [0.5, 0.6) is 0 Å². The number of aromatic amines is 1. The van der Waals surface area contributed by atoms with E-state index in [1.165, 1.54) is 16.7 Å². The summed E-state index contributed by atoms with van der Waals surface area (Å²) in [5.74, 6) is 0.265. The van der Waals surface area contributed by atoms with Crippen molar-refractivity contribution in [2.75, 3.05) is 13.1 Å². The fourth-order valence-corrected chi connectivity index (χ4v) is 4.54. The van der Waals surface area contributed by atoms with Crippen LogP contribution < -0.4 is 0 Å². The first kappa shape index (κ1) is 15.3. The highest BCUT2D eigenvalue weighted by atomic mass is 32.2. The summed E-state index contributed by atoms with van der Waals surface area (Å²) in [6.45, 7) is 2.92. The molecular weight excluding hydrogens is 328 g/mol. The van der Waals surface area contributed by atoms with Gasteiger partial charge in [0.2, 0.25) is 10.0 Å². The van der Waals surface area contributed by atoms with Crippen molar-refractivity contribution in [1.29, 1.82) is 0 Å².